The van der Waals surface area contributed by atoms with Crippen LogP contribution in [-0.4, -0.2) is 94.8 Å². The zero-order chi connectivity index (χ0) is 29.6. The largest absolute Gasteiger partial charge is 0.508 e. The molecule has 0 bridgehead atoms. The minimum absolute atomic E-state index is 0.0230. The highest BCUT2D eigenvalue weighted by Gasteiger charge is 2.66. The summed E-state index contributed by atoms with van der Waals surface area (Å²) in [5.41, 5.74) is 0.689. The number of piperidine rings is 1. The summed E-state index contributed by atoms with van der Waals surface area (Å²) < 4.78 is 57.5. The third-order valence-corrected chi connectivity index (χ3v) is 11.7. The summed E-state index contributed by atoms with van der Waals surface area (Å²) >= 11 is 0. The lowest BCUT2D eigenvalue weighted by Gasteiger charge is -2.59. The van der Waals surface area contributed by atoms with Crippen molar-refractivity contribution < 1.29 is 31.8 Å². The van der Waals surface area contributed by atoms with Crippen molar-refractivity contribution in [2.75, 3.05) is 36.2 Å². The van der Waals surface area contributed by atoms with Crippen LogP contribution in [0.3, 0.4) is 0 Å². The molecule has 4 atom stereocenters. The Bertz CT molecular complexity index is 1430. The van der Waals surface area contributed by atoms with Crippen LogP contribution in [0.5, 0.6) is 0 Å². The number of hydrogen-bond donors (Lipinski definition) is 2. The van der Waals surface area contributed by atoms with Crippen molar-refractivity contribution in [2.45, 2.75) is 94.5 Å². The summed E-state index contributed by atoms with van der Waals surface area (Å²) in [4.78, 5) is 24.8. The quantitative estimate of drug-likeness (QED) is 0.403. The van der Waals surface area contributed by atoms with Gasteiger partial charge in [-0.05, 0) is 39.0 Å². The number of hydrogen-bond acceptors (Lipinski definition) is 12. The third-order valence-electron chi connectivity index (χ3n) is 9.21. The predicted molar refractivity (Wildman–Crippen MR) is 151 cm³/mol. The lowest BCUT2D eigenvalue weighted by Crippen LogP contribution is -2.71. The van der Waals surface area contributed by atoms with E-state index in [0.29, 0.717) is 44.7 Å². The molecule has 0 radical (unpaired) electrons. The number of aromatic amines is 1. The first-order valence-corrected chi connectivity index (χ1v) is 16.3. The minimum Gasteiger partial charge on any atom is -0.431 e. The molecular weight excluding hydrogens is 569 g/mol. The Labute approximate surface area is 244 Å². The molecule has 1 unspecified atom stereocenters. The van der Waals surface area contributed by atoms with Gasteiger partial charge in [0.1, 0.15) is 23.3 Å². The monoisotopic (exact) mass is 607 g/mol. The number of nitrogens with zero attached hydrogens (tertiary/aromatic N) is 5. The molecule has 4 aliphatic rings. The van der Waals surface area contributed by atoms with Crippen LogP contribution in [0, 0.1) is 12.7 Å². The smallest absolute Gasteiger partial charge is 0.431 e. The fourth-order valence-electron chi connectivity index (χ4n) is 7.04. The van der Waals surface area contributed by atoms with Crippen LogP contribution in [0.15, 0.2) is 6.07 Å². The zero-order valence-corrected chi connectivity index (χ0v) is 25.0. The number of rotatable bonds is 9. The van der Waals surface area contributed by atoms with Crippen molar-refractivity contribution in [1.82, 2.24) is 25.1 Å². The van der Waals surface area contributed by atoms with Crippen molar-refractivity contribution in [3.8, 4) is 0 Å². The first-order valence-electron chi connectivity index (χ1n) is 14.6. The normalized spacial score (nSPS) is 27.7. The molecule has 0 aromatic carbocycles. The van der Waals surface area contributed by atoms with Gasteiger partial charge in [0.25, 0.3) is 0 Å². The van der Waals surface area contributed by atoms with Crippen LogP contribution in [0.4, 0.5) is 26.8 Å². The maximum Gasteiger partial charge on any atom is 0.508 e. The Kier molecular flexibility index (Phi) is 7.77. The van der Waals surface area contributed by atoms with E-state index in [0.717, 1.165) is 25.0 Å². The summed E-state index contributed by atoms with van der Waals surface area (Å²) in [5, 5.41) is 9.84. The van der Waals surface area contributed by atoms with Crippen LogP contribution in [0.1, 0.15) is 63.3 Å². The van der Waals surface area contributed by atoms with Gasteiger partial charge in [-0.3, -0.25) is 10.00 Å². The number of anilines is 3. The maximum absolute atomic E-state index is 15.6. The lowest BCUT2D eigenvalue weighted by atomic mass is 9.82. The van der Waals surface area contributed by atoms with Gasteiger partial charge < -0.3 is 24.4 Å². The standard InChI is InChI=1S/C27H38FN7O6S/c1-4-42(37,38)27-8-5-17-12-18(13-19(14-27)35(17)27)34(3)25-29-21(15-40-26(36)41-20-6-9-39-10-7-20)23(28)24(31-25)30-22-11-16(2)32-33-22/h11,17-20H,4-10,12-15H2,1-3H3,(H2,29,30,31,32,33)/t17-,18-,19-,27?/m0/s1. The van der Waals surface area contributed by atoms with Crippen molar-refractivity contribution in [3.63, 3.8) is 0 Å². The molecule has 6 heterocycles. The van der Waals surface area contributed by atoms with E-state index in [1.807, 2.05) is 18.9 Å². The van der Waals surface area contributed by atoms with Gasteiger partial charge in [-0.25, -0.2) is 22.6 Å². The minimum atomic E-state index is -3.19. The second-order valence-electron chi connectivity index (χ2n) is 11.7. The molecule has 4 saturated heterocycles. The van der Waals surface area contributed by atoms with E-state index in [-0.39, 0.29) is 47.4 Å². The van der Waals surface area contributed by atoms with Gasteiger partial charge >= 0.3 is 6.16 Å². The summed E-state index contributed by atoms with van der Waals surface area (Å²) in [6, 6.07) is 2.05. The number of aryl methyl sites for hydroxylation is 1. The van der Waals surface area contributed by atoms with E-state index in [4.69, 9.17) is 14.2 Å². The van der Waals surface area contributed by atoms with E-state index < -0.39 is 33.3 Å². The molecule has 2 aromatic rings. The number of sulfone groups is 1. The molecule has 2 N–H and O–H groups in total. The maximum atomic E-state index is 15.6. The molecule has 42 heavy (non-hydrogen) atoms. The SMILES string of the molecule is CCS(=O)(=O)C12CC[C@H]3C[C@H](N(C)c4nc(COC(=O)OC5CCOCC5)c(F)c(Nc5cc(C)[nH]n5)n4)C[C@@H](C1)N32. The first kappa shape index (κ1) is 29.1. The van der Waals surface area contributed by atoms with Crippen molar-refractivity contribution in [1.29, 1.82) is 0 Å². The number of nitrogens with one attached hydrogen (secondary N) is 2. The van der Waals surface area contributed by atoms with Gasteiger partial charge in [0.05, 0.1) is 13.2 Å². The van der Waals surface area contributed by atoms with Gasteiger partial charge in [-0.1, -0.05) is 6.92 Å². The van der Waals surface area contributed by atoms with Gasteiger partial charge in [0.15, 0.2) is 27.3 Å². The summed E-state index contributed by atoms with van der Waals surface area (Å²) in [6.07, 6.45) is 3.58. The predicted octanol–water partition coefficient (Wildman–Crippen LogP) is 3.19. The Morgan fingerprint density at radius 3 is 2.74 bits per heavy atom. The molecule has 13 nitrogen and oxygen atoms in total. The van der Waals surface area contributed by atoms with Gasteiger partial charge in [0.2, 0.25) is 5.95 Å². The van der Waals surface area contributed by atoms with E-state index in [9.17, 15) is 13.2 Å². The van der Waals surface area contributed by atoms with Crippen LogP contribution in [-0.2, 0) is 30.7 Å². The third kappa shape index (κ3) is 5.19. The molecule has 0 amide bonds. The summed E-state index contributed by atoms with van der Waals surface area (Å²) in [6.45, 7) is 4.12. The number of halogens is 1. The molecule has 15 heteroatoms. The fourth-order valence-corrected chi connectivity index (χ4v) is 9.07. The van der Waals surface area contributed by atoms with E-state index in [2.05, 4.69) is 30.4 Å². The second-order valence-corrected chi connectivity index (χ2v) is 14.3. The molecule has 0 spiro atoms. The zero-order valence-electron chi connectivity index (χ0n) is 24.1. The molecule has 0 saturated carbocycles. The van der Waals surface area contributed by atoms with Crippen LogP contribution in [0.25, 0.3) is 0 Å². The van der Waals surface area contributed by atoms with E-state index >= 15 is 4.39 Å². The molecular formula is C27H38FN7O6S. The number of carbonyl (C=O) groups is 1. The molecule has 0 aliphatic carbocycles. The number of aromatic nitrogens is 4. The second kappa shape index (κ2) is 11.2. The molecule has 6 rings (SSSR count). The highest BCUT2D eigenvalue weighted by Crippen LogP contribution is 2.56. The fraction of sp³-hybridized carbons (Fsp3) is 0.704. The highest BCUT2D eigenvalue weighted by atomic mass is 32.2. The van der Waals surface area contributed by atoms with Gasteiger partial charge in [0, 0.05) is 55.5 Å². The Hall–Kier alpha value is -3.04. The Morgan fingerprint density at radius 2 is 2.02 bits per heavy atom. The Balaban J connectivity index is 1.21. The molecule has 230 valence electrons. The average molecular weight is 608 g/mol. The van der Waals surface area contributed by atoms with Crippen LogP contribution < -0.4 is 10.2 Å². The molecule has 4 aliphatic heterocycles. The number of ether oxygens (including phenoxy) is 3. The highest BCUT2D eigenvalue weighted by molar-refractivity contribution is 7.92. The van der Waals surface area contributed by atoms with E-state index in [1.165, 1.54) is 0 Å². The molecule has 4 fully saturated rings. The topological polar surface area (TPSA) is 152 Å². The van der Waals surface area contributed by atoms with E-state index in [1.54, 1.807) is 13.0 Å². The molecule has 2 aromatic heterocycles. The van der Waals surface area contributed by atoms with Crippen LogP contribution in [0.2, 0.25) is 0 Å². The van der Waals surface area contributed by atoms with Gasteiger partial charge in [-0.2, -0.15) is 10.1 Å². The number of H-pyrrole nitrogens is 1. The first-order chi connectivity index (χ1) is 20.1. The summed E-state index contributed by atoms with van der Waals surface area (Å²) in [5.74, 6) is -0.0536. The van der Waals surface area contributed by atoms with Crippen molar-refractivity contribution in [3.05, 3.63) is 23.3 Å². The van der Waals surface area contributed by atoms with Gasteiger partial charge in [-0.15, -0.1) is 0 Å². The number of carbonyl (C=O) groups excluding carboxylic acids is 1. The lowest BCUT2D eigenvalue weighted by molar-refractivity contribution is -0.0461. The van der Waals surface area contributed by atoms with Crippen molar-refractivity contribution >= 4 is 33.6 Å². The summed E-state index contributed by atoms with van der Waals surface area (Å²) in [7, 11) is -1.32. The average Bonchev–Trinajstić information content (AvgIpc) is 3.54. The van der Waals surface area contributed by atoms with Crippen LogP contribution >= 0.6 is 0 Å². The van der Waals surface area contributed by atoms with Crippen molar-refractivity contribution in [2.24, 2.45) is 0 Å². The Morgan fingerprint density at radius 1 is 1.26 bits per heavy atom.